The Labute approximate surface area is 96.3 Å². The molecule has 0 bridgehead atoms. The first-order valence-corrected chi connectivity index (χ1v) is 6.58. The molecule has 0 saturated heterocycles. The molecule has 0 amide bonds. The van der Waals surface area contributed by atoms with Crippen LogP contribution < -0.4 is 5.32 Å². The summed E-state index contributed by atoms with van der Waals surface area (Å²) < 4.78 is 0. The van der Waals surface area contributed by atoms with Gasteiger partial charge in [0.2, 0.25) is 0 Å². The van der Waals surface area contributed by atoms with Crippen LogP contribution in [0.4, 0.5) is 0 Å². The van der Waals surface area contributed by atoms with Gasteiger partial charge in [-0.2, -0.15) is 0 Å². The van der Waals surface area contributed by atoms with Gasteiger partial charge < -0.3 is 5.32 Å². The molecule has 0 aromatic carbocycles. The zero-order valence-electron chi connectivity index (χ0n) is 11.1. The topological polar surface area (TPSA) is 12.0 Å². The fraction of sp³-hybridized carbons (Fsp3) is 0.857. The minimum Gasteiger partial charge on any atom is -0.388 e. The summed E-state index contributed by atoms with van der Waals surface area (Å²) in [7, 11) is 0. The smallest absolute Gasteiger partial charge is 0.0169 e. The van der Waals surface area contributed by atoms with E-state index < -0.39 is 0 Å². The molecule has 15 heavy (non-hydrogen) atoms. The van der Waals surface area contributed by atoms with Crippen molar-refractivity contribution in [3.63, 3.8) is 0 Å². The highest BCUT2D eigenvalue weighted by atomic mass is 14.9. The van der Waals surface area contributed by atoms with Crippen molar-refractivity contribution in [1.29, 1.82) is 0 Å². The van der Waals surface area contributed by atoms with Crippen LogP contribution in [0.25, 0.3) is 0 Å². The quantitative estimate of drug-likeness (QED) is 0.598. The van der Waals surface area contributed by atoms with Gasteiger partial charge >= 0.3 is 0 Å². The van der Waals surface area contributed by atoms with E-state index in [2.05, 4.69) is 39.6 Å². The molecule has 1 atom stereocenters. The van der Waals surface area contributed by atoms with E-state index in [1.165, 1.54) is 37.8 Å². The lowest BCUT2D eigenvalue weighted by Crippen LogP contribution is -2.24. The highest BCUT2D eigenvalue weighted by molar-refractivity contribution is 4.98. The molecule has 0 aromatic rings. The fourth-order valence-electron chi connectivity index (χ4n) is 1.78. The van der Waals surface area contributed by atoms with Crippen LogP contribution in [0, 0.1) is 11.8 Å². The lowest BCUT2D eigenvalue weighted by Gasteiger charge is -2.21. The highest BCUT2D eigenvalue weighted by Gasteiger charge is 2.10. The van der Waals surface area contributed by atoms with Gasteiger partial charge in [-0.25, -0.2) is 0 Å². The van der Waals surface area contributed by atoms with Gasteiger partial charge in [-0.15, -0.1) is 0 Å². The average molecular weight is 211 g/mol. The van der Waals surface area contributed by atoms with Gasteiger partial charge in [0.15, 0.2) is 0 Å². The summed E-state index contributed by atoms with van der Waals surface area (Å²) in [6.45, 7) is 14.3. The Balaban J connectivity index is 3.90. The van der Waals surface area contributed by atoms with Gasteiger partial charge in [0.05, 0.1) is 0 Å². The van der Waals surface area contributed by atoms with Crippen LogP contribution in [0.2, 0.25) is 0 Å². The molecule has 0 aliphatic heterocycles. The van der Waals surface area contributed by atoms with Gasteiger partial charge in [0.1, 0.15) is 0 Å². The molecular formula is C14H29N. The maximum absolute atomic E-state index is 4.19. The van der Waals surface area contributed by atoms with Gasteiger partial charge in [-0.05, 0) is 24.7 Å². The van der Waals surface area contributed by atoms with Crippen LogP contribution >= 0.6 is 0 Å². The van der Waals surface area contributed by atoms with Crippen LogP contribution in [-0.2, 0) is 0 Å². The number of allylic oxidation sites excluding steroid dienone is 1. The Kier molecular flexibility index (Phi) is 8.55. The van der Waals surface area contributed by atoms with Crippen molar-refractivity contribution in [2.75, 3.05) is 6.54 Å². The van der Waals surface area contributed by atoms with Crippen LogP contribution in [0.5, 0.6) is 0 Å². The van der Waals surface area contributed by atoms with Crippen molar-refractivity contribution in [2.24, 2.45) is 11.8 Å². The van der Waals surface area contributed by atoms with Gasteiger partial charge in [0, 0.05) is 12.2 Å². The molecule has 0 radical (unpaired) electrons. The maximum atomic E-state index is 4.19. The minimum atomic E-state index is 0.684. The molecule has 0 aromatic heterocycles. The molecular weight excluding hydrogens is 182 g/mol. The SMILES string of the molecule is C=C(NCC(C)CC)C(CCC)CCC. The molecule has 0 heterocycles. The molecule has 0 saturated carbocycles. The van der Waals surface area contributed by atoms with E-state index in [1.807, 2.05) is 0 Å². The Morgan fingerprint density at radius 1 is 1.13 bits per heavy atom. The second-order valence-electron chi connectivity index (χ2n) is 4.69. The first kappa shape index (κ1) is 14.5. The van der Waals surface area contributed by atoms with Crippen molar-refractivity contribution >= 4 is 0 Å². The summed E-state index contributed by atoms with van der Waals surface area (Å²) in [6.07, 6.45) is 6.32. The van der Waals surface area contributed by atoms with Crippen molar-refractivity contribution in [2.45, 2.75) is 59.8 Å². The summed E-state index contributed by atoms with van der Waals surface area (Å²) in [6, 6.07) is 0. The monoisotopic (exact) mass is 211 g/mol. The third kappa shape index (κ3) is 6.59. The Morgan fingerprint density at radius 2 is 1.67 bits per heavy atom. The summed E-state index contributed by atoms with van der Waals surface area (Å²) in [5.41, 5.74) is 1.26. The molecule has 1 N–H and O–H groups in total. The second kappa shape index (κ2) is 8.82. The highest BCUT2D eigenvalue weighted by Crippen LogP contribution is 2.19. The summed E-state index contributed by atoms with van der Waals surface area (Å²) in [5.74, 6) is 1.44. The Morgan fingerprint density at radius 3 is 2.07 bits per heavy atom. The van der Waals surface area contributed by atoms with Gasteiger partial charge in [0.25, 0.3) is 0 Å². The second-order valence-corrected chi connectivity index (χ2v) is 4.69. The zero-order valence-corrected chi connectivity index (χ0v) is 11.1. The normalized spacial score (nSPS) is 12.9. The minimum absolute atomic E-state index is 0.684. The Bertz CT molecular complexity index is 157. The van der Waals surface area contributed by atoms with Crippen molar-refractivity contribution in [3.05, 3.63) is 12.3 Å². The number of hydrogen-bond acceptors (Lipinski definition) is 1. The number of hydrogen-bond donors (Lipinski definition) is 1. The van der Waals surface area contributed by atoms with E-state index in [0.717, 1.165) is 12.5 Å². The predicted molar refractivity (Wildman–Crippen MR) is 69.9 cm³/mol. The van der Waals surface area contributed by atoms with Gasteiger partial charge in [-0.3, -0.25) is 0 Å². The molecule has 0 aliphatic rings. The zero-order chi connectivity index (χ0) is 11.7. The van der Waals surface area contributed by atoms with Crippen molar-refractivity contribution in [3.8, 4) is 0 Å². The number of rotatable bonds is 9. The first-order valence-electron chi connectivity index (χ1n) is 6.58. The van der Waals surface area contributed by atoms with Crippen LogP contribution in [-0.4, -0.2) is 6.54 Å². The van der Waals surface area contributed by atoms with Gasteiger partial charge in [-0.1, -0.05) is 53.5 Å². The van der Waals surface area contributed by atoms with E-state index in [1.54, 1.807) is 0 Å². The summed E-state index contributed by atoms with van der Waals surface area (Å²) in [5, 5.41) is 3.51. The molecule has 0 fully saturated rings. The number of nitrogens with one attached hydrogen (secondary N) is 1. The van der Waals surface area contributed by atoms with Crippen LogP contribution in [0.15, 0.2) is 12.3 Å². The first-order chi connectivity index (χ1) is 7.15. The van der Waals surface area contributed by atoms with Crippen molar-refractivity contribution in [1.82, 2.24) is 5.32 Å². The maximum Gasteiger partial charge on any atom is 0.0169 e. The van der Waals surface area contributed by atoms with Crippen LogP contribution in [0.3, 0.4) is 0 Å². The molecule has 1 heteroatoms. The molecule has 90 valence electrons. The summed E-state index contributed by atoms with van der Waals surface area (Å²) >= 11 is 0. The molecule has 0 spiro atoms. The standard InChI is InChI=1S/C14H29N/c1-6-9-14(10-7-2)13(5)15-11-12(4)8-3/h12,14-15H,5-11H2,1-4H3. The van der Waals surface area contributed by atoms with Crippen LogP contribution in [0.1, 0.15) is 59.8 Å². The lowest BCUT2D eigenvalue weighted by atomic mass is 9.95. The fourth-order valence-corrected chi connectivity index (χ4v) is 1.78. The predicted octanol–water partition coefficient (Wildman–Crippen LogP) is 4.35. The van der Waals surface area contributed by atoms with E-state index in [4.69, 9.17) is 0 Å². The Hall–Kier alpha value is -0.460. The molecule has 0 rings (SSSR count). The molecule has 0 aliphatic carbocycles. The van der Waals surface area contributed by atoms with E-state index >= 15 is 0 Å². The third-order valence-electron chi connectivity index (χ3n) is 3.14. The van der Waals surface area contributed by atoms with E-state index in [-0.39, 0.29) is 0 Å². The average Bonchev–Trinajstić information content (AvgIpc) is 2.25. The van der Waals surface area contributed by atoms with E-state index in [9.17, 15) is 0 Å². The molecule has 1 nitrogen and oxygen atoms in total. The lowest BCUT2D eigenvalue weighted by molar-refractivity contribution is 0.448. The van der Waals surface area contributed by atoms with Crippen molar-refractivity contribution < 1.29 is 0 Å². The summed E-state index contributed by atoms with van der Waals surface area (Å²) in [4.78, 5) is 0. The largest absolute Gasteiger partial charge is 0.388 e. The molecule has 1 unspecified atom stereocenters. The third-order valence-corrected chi connectivity index (χ3v) is 3.14. The van der Waals surface area contributed by atoms with E-state index in [0.29, 0.717) is 5.92 Å².